The molecule has 0 unspecified atom stereocenters. The number of halogens is 6. The smallest absolute Gasteiger partial charge is 0.329 e. The van der Waals surface area contributed by atoms with E-state index in [1.54, 1.807) is 0 Å². The predicted octanol–water partition coefficient (Wildman–Crippen LogP) is 5.37. The zero-order chi connectivity index (χ0) is 25.1. The van der Waals surface area contributed by atoms with Crippen molar-refractivity contribution in [2.45, 2.75) is 62.0 Å². The van der Waals surface area contributed by atoms with Gasteiger partial charge in [-0.05, 0) is 50.3 Å². The molecular weight excluding hydrogens is 498 g/mol. The van der Waals surface area contributed by atoms with Crippen molar-refractivity contribution in [1.29, 1.82) is 0 Å². The van der Waals surface area contributed by atoms with Crippen LogP contribution in [-0.2, 0) is 16.2 Å². The second-order valence-electron chi connectivity index (χ2n) is 8.84. The fourth-order valence-corrected chi connectivity index (χ4v) is 5.81. The molecule has 1 N–H and O–H groups in total. The van der Waals surface area contributed by atoms with E-state index in [1.165, 1.54) is 16.8 Å². The third kappa shape index (κ3) is 4.39. The molecule has 0 saturated heterocycles. The topological polar surface area (TPSA) is 76.9 Å². The van der Waals surface area contributed by atoms with Crippen LogP contribution in [0.3, 0.4) is 0 Å². The molecule has 2 fully saturated rings. The van der Waals surface area contributed by atoms with Crippen LogP contribution in [0.1, 0.15) is 55.4 Å². The first kappa shape index (κ1) is 24.0. The molecule has 0 aromatic carbocycles. The molecule has 0 radical (unpaired) electrons. The van der Waals surface area contributed by atoms with Crippen LogP contribution in [0.4, 0.5) is 26.3 Å². The molecule has 1 atom stereocenters. The normalized spacial score (nSPS) is 18.3. The van der Waals surface area contributed by atoms with E-state index in [-0.39, 0.29) is 22.6 Å². The van der Waals surface area contributed by atoms with Gasteiger partial charge in [0.05, 0.1) is 5.25 Å². The lowest BCUT2D eigenvalue weighted by Gasteiger charge is -2.27. The number of fused-ring (bicyclic) bond motifs is 1. The summed E-state index contributed by atoms with van der Waals surface area (Å²) in [6, 6.07) is 0.963. The van der Waals surface area contributed by atoms with Gasteiger partial charge in [-0.25, -0.2) is 31.3 Å². The lowest BCUT2D eigenvalue weighted by atomic mass is 9.93. The van der Waals surface area contributed by atoms with Crippen LogP contribution in [0.15, 0.2) is 30.6 Å². The molecule has 5 rings (SSSR count). The Hall–Kier alpha value is -2.67. The van der Waals surface area contributed by atoms with E-state index in [1.807, 2.05) is 4.72 Å². The van der Waals surface area contributed by atoms with Crippen molar-refractivity contribution in [2.24, 2.45) is 0 Å². The van der Waals surface area contributed by atoms with Crippen LogP contribution < -0.4 is 4.72 Å². The van der Waals surface area contributed by atoms with Gasteiger partial charge in [-0.3, -0.25) is 4.98 Å². The minimum absolute atomic E-state index is 0.00866. The molecule has 3 aromatic rings. The highest BCUT2D eigenvalue weighted by atomic mass is 32.2. The Bertz CT molecular complexity index is 1380. The summed E-state index contributed by atoms with van der Waals surface area (Å²) < 4.78 is 112. The predicted molar refractivity (Wildman–Crippen MR) is 115 cm³/mol. The van der Waals surface area contributed by atoms with Gasteiger partial charge in [0.2, 0.25) is 10.0 Å². The van der Waals surface area contributed by atoms with Gasteiger partial charge in [-0.2, -0.15) is 13.2 Å². The zero-order valence-electron chi connectivity index (χ0n) is 18.1. The third-order valence-corrected chi connectivity index (χ3v) is 8.36. The summed E-state index contributed by atoms with van der Waals surface area (Å²) in [5, 5.41) is -0.837. The van der Waals surface area contributed by atoms with Crippen molar-refractivity contribution >= 4 is 21.1 Å². The van der Waals surface area contributed by atoms with E-state index >= 15 is 4.39 Å². The standard InChI is InChI=1S/C22H20F6N4O2S/c23-16-9-14-15(18(20(24)25)31-35(33,34)12-6-7-12)10-32(11-3-1-4-11)21(14)30-17(16)13-5-2-8-29-19(13)22(26,27)28/h2,5,8-12,18,20,31H,1,3-4,6-7H2/t18-/m0/s1. The molecule has 0 spiro atoms. The highest BCUT2D eigenvalue weighted by Gasteiger charge is 2.41. The van der Waals surface area contributed by atoms with E-state index < -0.39 is 56.7 Å². The maximum absolute atomic E-state index is 15.2. The Kier molecular flexibility index (Phi) is 5.82. The number of nitrogens with zero attached hydrogens (tertiary/aromatic N) is 3. The highest BCUT2D eigenvalue weighted by molar-refractivity contribution is 7.90. The van der Waals surface area contributed by atoms with Crippen molar-refractivity contribution in [1.82, 2.24) is 19.3 Å². The average Bonchev–Trinajstić information content (AvgIpc) is 3.55. The molecule has 0 bridgehead atoms. The Morgan fingerprint density at radius 2 is 1.86 bits per heavy atom. The highest BCUT2D eigenvalue weighted by Crippen LogP contribution is 2.41. The maximum atomic E-state index is 15.2. The lowest BCUT2D eigenvalue weighted by Crippen LogP contribution is -2.35. The number of alkyl halides is 5. The van der Waals surface area contributed by atoms with E-state index in [0.29, 0.717) is 25.7 Å². The van der Waals surface area contributed by atoms with Crippen LogP contribution in [0, 0.1) is 5.82 Å². The van der Waals surface area contributed by atoms with Gasteiger partial charge in [-0.15, -0.1) is 0 Å². The SMILES string of the molecule is O=S(=O)(N[C@@H](c1cn(C2CCC2)c2nc(-c3cccnc3C(F)(F)F)c(F)cc12)C(F)F)C1CC1. The Balaban J connectivity index is 1.69. The summed E-state index contributed by atoms with van der Waals surface area (Å²) in [5.41, 5.74) is -2.69. The Morgan fingerprint density at radius 3 is 2.43 bits per heavy atom. The lowest BCUT2D eigenvalue weighted by molar-refractivity contribution is -0.140. The molecular formula is C22H20F6N4O2S. The molecule has 13 heteroatoms. The third-order valence-electron chi connectivity index (χ3n) is 6.43. The first-order valence-electron chi connectivity index (χ1n) is 11.0. The van der Waals surface area contributed by atoms with Gasteiger partial charge in [0.1, 0.15) is 23.2 Å². The first-order chi connectivity index (χ1) is 16.5. The summed E-state index contributed by atoms with van der Waals surface area (Å²) in [5.74, 6) is -1.17. The molecule has 3 aromatic heterocycles. The van der Waals surface area contributed by atoms with Gasteiger partial charge in [0, 0.05) is 34.9 Å². The fraction of sp³-hybridized carbons (Fsp3) is 0.455. The second kappa shape index (κ2) is 8.47. The molecule has 2 saturated carbocycles. The van der Waals surface area contributed by atoms with Crippen LogP contribution in [0.5, 0.6) is 0 Å². The Labute approximate surface area is 196 Å². The fourth-order valence-electron chi connectivity index (χ4n) is 4.27. The van der Waals surface area contributed by atoms with E-state index in [9.17, 15) is 30.4 Å². The summed E-state index contributed by atoms with van der Waals surface area (Å²) in [6.45, 7) is 0. The number of pyridine rings is 2. The zero-order valence-corrected chi connectivity index (χ0v) is 18.9. The second-order valence-corrected chi connectivity index (χ2v) is 10.8. The largest absolute Gasteiger partial charge is 0.434 e. The minimum Gasteiger partial charge on any atom is -0.329 e. The van der Waals surface area contributed by atoms with Crippen LogP contribution in [-0.4, -0.2) is 34.6 Å². The number of hydrogen-bond donors (Lipinski definition) is 1. The number of rotatable bonds is 7. The Morgan fingerprint density at radius 1 is 1.14 bits per heavy atom. The monoisotopic (exact) mass is 518 g/mol. The average molecular weight is 518 g/mol. The molecule has 3 heterocycles. The summed E-state index contributed by atoms with van der Waals surface area (Å²) in [7, 11) is -4.02. The molecule has 0 aliphatic heterocycles. The van der Waals surface area contributed by atoms with Gasteiger partial charge in [0.15, 0.2) is 5.69 Å². The number of nitrogens with one attached hydrogen (secondary N) is 1. The van der Waals surface area contributed by atoms with E-state index in [0.717, 1.165) is 24.8 Å². The molecule has 35 heavy (non-hydrogen) atoms. The maximum Gasteiger partial charge on any atom is 0.434 e. The molecule has 6 nitrogen and oxygen atoms in total. The van der Waals surface area contributed by atoms with Crippen LogP contribution in [0.25, 0.3) is 22.3 Å². The molecule has 188 valence electrons. The summed E-state index contributed by atoms with van der Waals surface area (Å²) in [6.07, 6.45) is -2.87. The summed E-state index contributed by atoms with van der Waals surface area (Å²) >= 11 is 0. The van der Waals surface area contributed by atoms with Crippen molar-refractivity contribution in [3.8, 4) is 11.3 Å². The number of sulfonamides is 1. The van der Waals surface area contributed by atoms with Crippen LogP contribution in [0.2, 0.25) is 0 Å². The first-order valence-corrected chi connectivity index (χ1v) is 12.5. The summed E-state index contributed by atoms with van der Waals surface area (Å²) in [4.78, 5) is 7.49. The minimum atomic E-state index is -4.87. The van der Waals surface area contributed by atoms with Crippen molar-refractivity contribution in [3.63, 3.8) is 0 Å². The van der Waals surface area contributed by atoms with Gasteiger partial charge in [0.25, 0.3) is 6.43 Å². The molecule has 0 amide bonds. The van der Waals surface area contributed by atoms with Crippen molar-refractivity contribution in [2.75, 3.05) is 0 Å². The number of hydrogen-bond acceptors (Lipinski definition) is 4. The molecule has 2 aliphatic rings. The van der Waals surface area contributed by atoms with Crippen LogP contribution >= 0.6 is 0 Å². The van der Waals surface area contributed by atoms with Gasteiger partial charge < -0.3 is 4.57 Å². The van der Waals surface area contributed by atoms with E-state index in [4.69, 9.17) is 0 Å². The van der Waals surface area contributed by atoms with E-state index in [2.05, 4.69) is 9.97 Å². The van der Waals surface area contributed by atoms with Gasteiger partial charge >= 0.3 is 6.18 Å². The quantitative estimate of drug-likeness (QED) is 0.427. The van der Waals surface area contributed by atoms with Gasteiger partial charge in [-0.1, -0.05) is 0 Å². The van der Waals surface area contributed by atoms with Crippen molar-refractivity contribution in [3.05, 3.63) is 47.7 Å². The molecule has 2 aliphatic carbocycles. The van der Waals surface area contributed by atoms with Crippen molar-refractivity contribution < 1.29 is 34.8 Å². The number of aromatic nitrogens is 3.